The van der Waals surface area contributed by atoms with Crippen LogP contribution in [0.15, 0.2) is 72.8 Å². The number of rotatable bonds is 7. The normalized spacial score (nSPS) is 13.5. The van der Waals surface area contributed by atoms with Gasteiger partial charge in [-0.25, -0.2) is 9.59 Å². The lowest BCUT2D eigenvalue weighted by molar-refractivity contribution is -0.142. The molecule has 3 aromatic carbocycles. The van der Waals surface area contributed by atoms with Gasteiger partial charge in [0.15, 0.2) is 0 Å². The maximum atomic E-state index is 13.0. The lowest BCUT2D eigenvalue weighted by atomic mass is 9.98. The fourth-order valence-electron chi connectivity index (χ4n) is 4.52. The summed E-state index contributed by atoms with van der Waals surface area (Å²) in [5.74, 6) is -0.595. The zero-order valence-corrected chi connectivity index (χ0v) is 20.5. The molecule has 1 atom stereocenters. The Labute approximate surface area is 206 Å². The number of likely N-dealkylation sites (N-methyl/N-ethyl adjacent to an activating group) is 1. The highest BCUT2D eigenvalue weighted by atomic mass is 16.6. The number of hydrogen-bond donors (Lipinski definition) is 1. The summed E-state index contributed by atoms with van der Waals surface area (Å²) in [5, 5.41) is 9.93. The average molecular weight is 474 g/mol. The van der Waals surface area contributed by atoms with Gasteiger partial charge in [0.2, 0.25) is 0 Å². The molecule has 0 saturated heterocycles. The molecule has 3 aromatic rings. The number of nitrogens with zero attached hydrogens (tertiary/aromatic N) is 1. The molecule has 0 bridgehead atoms. The van der Waals surface area contributed by atoms with E-state index in [2.05, 4.69) is 12.1 Å². The second kappa shape index (κ2) is 9.82. The van der Waals surface area contributed by atoms with Crippen LogP contribution < -0.4 is 4.74 Å². The molecule has 6 heteroatoms. The lowest BCUT2D eigenvalue weighted by Gasteiger charge is -2.27. The Hall–Kier alpha value is -3.80. The largest absolute Gasteiger partial charge is 0.488 e. The molecule has 1 aliphatic carbocycles. The van der Waals surface area contributed by atoms with E-state index in [-0.39, 0.29) is 18.9 Å². The van der Waals surface area contributed by atoms with Crippen LogP contribution in [0.4, 0.5) is 4.79 Å². The van der Waals surface area contributed by atoms with Crippen molar-refractivity contribution < 1.29 is 24.2 Å². The standard InChI is InChI=1S/C29H31NO5/c1-29(2,3)35-26-16-10-5-11-19(26)17-25(27(31)32)30(4)28(33)34-18-24-22-14-8-6-12-20(22)21-13-7-9-15-23(21)24/h5-16,24-25H,17-18H2,1-4H3,(H,31,32)/t25-/m0/s1. The van der Waals surface area contributed by atoms with Gasteiger partial charge in [-0.1, -0.05) is 66.7 Å². The number of fused-ring (bicyclic) bond motifs is 3. The van der Waals surface area contributed by atoms with Crippen LogP contribution in [0, 0.1) is 0 Å². The van der Waals surface area contributed by atoms with Gasteiger partial charge in [-0.3, -0.25) is 4.90 Å². The predicted octanol–water partition coefficient (Wildman–Crippen LogP) is 5.74. The van der Waals surface area contributed by atoms with Crippen molar-refractivity contribution in [3.63, 3.8) is 0 Å². The second-order valence-electron chi connectivity index (χ2n) is 9.80. The van der Waals surface area contributed by atoms with Crippen LogP contribution in [0.5, 0.6) is 5.75 Å². The highest BCUT2D eigenvalue weighted by Gasteiger charge is 2.32. The summed E-state index contributed by atoms with van der Waals surface area (Å²) in [4.78, 5) is 26.3. The molecule has 0 aromatic heterocycles. The minimum Gasteiger partial charge on any atom is -0.488 e. The number of aliphatic carboxylic acids is 1. The molecular weight excluding hydrogens is 442 g/mol. The van der Waals surface area contributed by atoms with E-state index in [9.17, 15) is 14.7 Å². The summed E-state index contributed by atoms with van der Waals surface area (Å²) in [6, 6.07) is 22.4. The fourth-order valence-corrected chi connectivity index (χ4v) is 4.52. The van der Waals surface area contributed by atoms with E-state index in [1.54, 1.807) is 0 Å². The summed E-state index contributed by atoms with van der Waals surface area (Å²) >= 11 is 0. The van der Waals surface area contributed by atoms with E-state index in [0.717, 1.165) is 27.2 Å². The first-order chi connectivity index (χ1) is 16.7. The Kier molecular flexibility index (Phi) is 6.83. The lowest BCUT2D eigenvalue weighted by Crippen LogP contribution is -2.44. The summed E-state index contributed by atoms with van der Waals surface area (Å²) < 4.78 is 11.7. The van der Waals surface area contributed by atoms with Gasteiger partial charge in [0.05, 0.1) is 0 Å². The molecule has 0 fully saturated rings. The molecule has 0 spiro atoms. The van der Waals surface area contributed by atoms with Gasteiger partial charge in [-0.15, -0.1) is 0 Å². The maximum absolute atomic E-state index is 13.0. The Bertz CT molecular complexity index is 1180. The molecule has 0 radical (unpaired) electrons. The Morgan fingerprint density at radius 1 is 0.914 bits per heavy atom. The third kappa shape index (κ3) is 5.32. The van der Waals surface area contributed by atoms with Crippen LogP contribution in [-0.2, 0) is 16.0 Å². The van der Waals surface area contributed by atoms with Crippen molar-refractivity contribution in [3.05, 3.63) is 89.5 Å². The molecule has 4 rings (SSSR count). The predicted molar refractivity (Wildman–Crippen MR) is 135 cm³/mol. The minimum absolute atomic E-state index is 0.0936. The number of hydrogen-bond acceptors (Lipinski definition) is 4. The molecule has 0 saturated carbocycles. The van der Waals surface area contributed by atoms with E-state index in [0.29, 0.717) is 11.3 Å². The number of carboxylic acid groups (broad SMARTS) is 1. The van der Waals surface area contributed by atoms with Crippen LogP contribution in [0.3, 0.4) is 0 Å². The van der Waals surface area contributed by atoms with Gasteiger partial charge in [0.25, 0.3) is 0 Å². The van der Waals surface area contributed by atoms with Gasteiger partial charge >= 0.3 is 12.1 Å². The fraction of sp³-hybridized carbons (Fsp3) is 0.310. The Morgan fingerprint density at radius 2 is 1.46 bits per heavy atom. The number of ether oxygens (including phenoxy) is 2. The van der Waals surface area contributed by atoms with E-state index in [1.807, 2.05) is 81.4 Å². The summed E-state index contributed by atoms with van der Waals surface area (Å²) in [7, 11) is 1.46. The molecule has 182 valence electrons. The quantitative estimate of drug-likeness (QED) is 0.474. The van der Waals surface area contributed by atoms with Crippen LogP contribution in [0.1, 0.15) is 43.4 Å². The number of carbonyl (C=O) groups excluding carboxylic acids is 1. The Balaban J connectivity index is 1.49. The van der Waals surface area contributed by atoms with Crippen LogP contribution in [-0.4, -0.2) is 47.4 Å². The van der Waals surface area contributed by atoms with Gasteiger partial charge in [-0.2, -0.15) is 0 Å². The average Bonchev–Trinajstić information content (AvgIpc) is 3.14. The zero-order chi connectivity index (χ0) is 25.2. The molecule has 0 heterocycles. The number of carboxylic acids is 1. The summed E-state index contributed by atoms with van der Waals surface area (Å²) in [6.45, 7) is 5.93. The molecule has 0 unspecified atom stereocenters. The number of benzene rings is 3. The van der Waals surface area contributed by atoms with Crippen molar-refractivity contribution in [2.75, 3.05) is 13.7 Å². The highest BCUT2D eigenvalue weighted by Crippen LogP contribution is 2.44. The summed E-state index contributed by atoms with van der Waals surface area (Å²) in [6.07, 6.45) is -0.573. The van der Waals surface area contributed by atoms with Crippen molar-refractivity contribution in [2.45, 2.75) is 44.8 Å². The summed E-state index contributed by atoms with van der Waals surface area (Å²) in [5.41, 5.74) is 4.76. The van der Waals surface area contributed by atoms with Gasteiger partial charge in [-0.05, 0) is 54.7 Å². The van der Waals surface area contributed by atoms with Crippen molar-refractivity contribution in [3.8, 4) is 16.9 Å². The van der Waals surface area contributed by atoms with Crippen LogP contribution >= 0.6 is 0 Å². The molecule has 1 N–H and O–H groups in total. The van der Waals surface area contributed by atoms with Gasteiger partial charge in [0.1, 0.15) is 24.0 Å². The first-order valence-corrected chi connectivity index (χ1v) is 11.7. The topological polar surface area (TPSA) is 76.1 Å². The monoisotopic (exact) mass is 473 g/mol. The van der Waals surface area contributed by atoms with E-state index >= 15 is 0 Å². The van der Waals surface area contributed by atoms with Crippen molar-refractivity contribution in [1.82, 2.24) is 4.90 Å². The Morgan fingerprint density at radius 3 is 2.03 bits per heavy atom. The van der Waals surface area contributed by atoms with Gasteiger partial charge in [0, 0.05) is 19.4 Å². The van der Waals surface area contributed by atoms with E-state index < -0.39 is 23.7 Å². The molecular formula is C29H31NO5. The van der Waals surface area contributed by atoms with Crippen molar-refractivity contribution in [2.24, 2.45) is 0 Å². The van der Waals surface area contributed by atoms with E-state index in [4.69, 9.17) is 9.47 Å². The van der Waals surface area contributed by atoms with Gasteiger partial charge < -0.3 is 14.6 Å². The smallest absolute Gasteiger partial charge is 0.410 e. The highest BCUT2D eigenvalue weighted by molar-refractivity contribution is 5.81. The molecule has 6 nitrogen and oxygen atoms in total. The van der Waals surface area contributed by atoms with Crippen molar-refractivity contribution in [1.29, 1.82) is 0 Å². The van der Waals surface area contributed by atoms with Crippen molar-refractivity contribution >= 4 is 12.1 Å². The first kappa shape index (κ1) is 24.3. The van der Waals surface area contributed by atoms with Crippen LogP contribution in [0.2, 0.25) is 0 Å². The number of para-hydroxylation sites is 1. The molecule has 35 heavy (non-hydrogen) atoms. The molecule has 0 aliphatic heterocycles. The molecule has 1 aliphatic rings. The van der Waals surface area contributed by atoms with E-state index in [1.165, 1.54) is 7.05 Å². The third-order valence-electron chi connectivity index (χ3n) is 6.18. The zero-order valence-electron chi connectivity index (χ0n) is 20.5. The minimum atomic E-state index is -1.11. The third-order valence-corrected chi connectivity index (χ3v) is 6.18. The number of amides is 1. The van der Waals surface area contributed by atoms with Crippen LogP contribution in [0.25, 0.3) is 11.1 Å². The molecule has 1 amide bonds. The second-order valence-corrected chi connectivity index (χ2v) is 9.80. The number of carbonyl (C=O) groups is 2. The maximum Gasteiger partial charge on any atom is 0.410 e. The SMILES string of the molecule is CN(C(=O)OCC1c2ccccc2-c2ccccc21)[C@@H](Cc1ccccc1OC(C)(C)C)C(=O)O. The first-order valence-electron chi connectivity index (χ1n) is 11.7.